The minimum Gasteiger partial charge on any atom is -0.382 e. The summed E-state index contributed by atoms with van der Waals surface area (Å²) in [5.74, 6) is -0.909. The highest BCUT2D eigenvalue weighted by Gasteiger charge is 2.32. The summed E-state index contributed by atoms with van der Waals surface area (Å²) in [7, 11) is 1.44. The lowest BCUT2D eigenvalue weighted by Gasteiger charge is -2.26. The van der Waals surface area contributed by atoms with Crippen molar-refractivity contribution < 1.29 is 14.3 Å². The topological polar surface area (TPSA) is 81.4 Å². The number of rotatable bonds is 7. The van der Waals surface area contributed by atoms with Crippen LogP contribution in [0.5, 0.6) is 0 Å². The van der Waals surface area contributed by atoms with E-state index in [0.29, 0.717) is 11.4 Å². The van der Waals surface area contributed by atoms with E-state index in [1.807, 2.05) is 18.2 Å². The summed E-state index contributed by atoms with van der Waals surface area (Å²) < 4.78 is 4.91. The van der Waals surface area contributed by atoms with Gasteiger partial charge in [0.2, 0.25) is 11.8 Å². The molecule has 2 amide bonds. The van der Waals surface area contributed by atoms with Gasteiger partial charge in [0.1, 0.15) is 5.54 Å². The average molecular weight is 299 g/mol. The van der Waals surface area contributed by atoms with E-state index in [1.54, 1.807) is 6.07 Å². The van der Waals surface area contributed by atoms with E-state index < -0.39 is 11.4 Å². The molecule has 0 saturated heterocycles. The molecule has 0 radical (unpaired) electrons. The number of benzene rings is 1. The molecule has 0 aromatic heterocycles. The average Bonchev–Trinajstić information content (AvgIpc) is 2.38. The lowest BCUT2D eigenvalue weighted by Crippen LogP contribution is -2.58. The van der Waals surface area contributed by atoms with Crippen LogP contribution in [0.15, 0.2) is 24.3 Å². The van der Waals surface area contributed by atoms with E-state index in [1.165, 1.54) is 14.0 Å². The minimum atomic E-state index is -1.20. The predicted molar refractivity (Wildman–Crippen MR) is 77.4 cm³/mol. The zero-order valence-electron chi connectivity index (χ0n) is 11.6. The molecule has 110 valence electrons. The minimum absolute atomic E-state index is 0.0279. The third-order valence-corrected chi connectivity index (χ3v) is 3.34. The van der Waals surface area contributed by atoms with Crippen molar-refractivity contribution in [2.75, 3.05) is 13.7 Å². The molecule has 0 aliphatic carbocycles. The quantitative estimate of drug-likeness (QED) is 0.795. The van der Waals surface area contributed by atoms with Gasteiger partial charge < -0.3 is 15.8 Å². The van der Waals surface area contributed by atoms with Crippen molar-refractivity contribution in [3.8, 4) is 0 Å². The number of hydrogen-bond acceptors (Lipinski definition) is 3. The van der Waals surface area contributed by atoms with Crippen LogP contribution in [0.2, 0.25) is 5.02 Å². The van der Waals surface area contributed by atoms with Gasteiger partial charge in [0.05, 0.1) is 6.61 Å². The van der Waals surface area contributed by atoms with Crippen molar-refractivity contribution >= 4 is 23.4 Å². The maximum atomic E-state index is 11.9. The molecule has 0 aliphatic rings. The van der Waals surface area contributed by atoms with Crippen LogP contribution >= 0.6 is 11.6 Å². The van der Waals surface area contributed by atoms with Crippen molar-refractivity contribution in [1.29, 1.82) is 0 Å². The normalized spacial score (nSPS) is 13.6. The molecule has 0 bridgehead atoms. The maximum Gasteiger partial charge on any atom is 0.245 e. The summed E-state index contributed by atoms with van der Waals surface area (Å²) in [5.41, 5.74) is 4.97. The Bertz CT molecular complexity index is 493. The molecule has 0 heterocycles. The van der Waals surface area contributed by atoms with E-state index in [-0.39, 0.29) is 18.9 Å². The highest BCUT2D eigenvalue weighted by Crippen LogP contribution is 2.16. The molecule has 20 heavy (non-hydrogen) atoms. The fraction of sp³-hybridized carbons (Fsp3) is 0.429. The first kappa shape index (κ1) is 16.5. The van der Waals surface area contributed by atoms with Crippen LogP contribution in [-0.2, 0) is 20.7 Å². The molecule has 1 aromatic rings. The number of nitrogens with one attached hydrogen (secondary N) is 1. The first-order valence-corrected chi connectivity index (χ1v) is 6.60. The summed E-state index contributed by atoms with van der Waals surface area (Å²) >= 11 is 6.02. The Morgan fingerprint density at radius 2 is 2.05 bits per heavy atom. The summed E-state index contributed by atoms with van der Waals surface area (Å²) in [6, 6.07) is 7.32. The summed E-state index contributed by atoms with van der Waals surface area (Å²) in [6.45, 7) is 1.56. The van der Waals surface area contributed by atoms with E-state index >= 15 is 0 Å². The van der Waals surface area contributed by atoms with Crippen LogP contribution in [-0.4, -0.2) is 31.1 Å². The molecular formula is C14H19ClN2O3. The number of ether oxygens (including phenoxy) is 1. The van der Waals surface area contributed by atoms with Gasteiger partial charge in [0.25, 0.3) is 0 Å². The molecule has 0 fully saturated rings. The number of halogens is 1. The maximum absolute atomic E-state index is 11.9. The van der Waals surface area contributed by atoms with Crippen LogP contribution in [0, 0.1) is 0 Å². The molecule has 0 aliphatic heterocycles. The number of carbonyl (C=O) groups excluding carboxylic acids is 2. The largest absolute Gasteiger partial charge is 0.382 e. The van der Waals surface area contributed by atoms with E-state index in [9.17, 15) is 9.59 Å². The lowest BCUT2D eigenvalue weighted by atomic mass is 10.0. The number of carbonyl (C=O) groups is 2. The zero-order chi connectivity index (χ0) is 15.2. The SMILES string of the molecule is COC[C@](C)(NC(=O)CCc1ccccc1Cl)C(N)=O. The van der Waals surface area contributed by atoms with Crippen LogP contribution in [0.3, 0.4) is 0 Å². The lowest BCUT2D eigenvalue weighted by molar-refractivity contribution is -0.133. The fourth-order valence-corrected chi connectivity index (χ4v) is 2.01. The van der Waals surface area contributed by atoms with Gasteiger partial charge in [-0.25, -0.2) is 0 Å². The van der Waals surface area contributed by atoms with E-state index in [2.05, 4.69) is 5.32 Å². The van der Waals surface area contributed by atoms with Crippen LogP contribution in [0.1, 0.15) is 18.9 Å². The van der Waals surface area contributed by atoms with Gasteiger partial charge in [0.15, 0.2) is 0 Å². The summed E-state index contributed by atoms with van der Waals surface area (Å²) in [6.07, 6.45) is 0.712. The smallest absolute Gasteiger partial charge is 0.245 e. The van der Waals surface area contributed by atoms with Crippen molar-refractivity contribution in [2.45, 2.75) is 25.3 Å². The van der Waals surface area contributed by atoms with Crippen LogP contribution in [0.25, 0.3) is 0 Å². The van der Waals surface area contributed by atoms with Crippen molar-refractivity contribution in [1.82, 2.24) is 5.32 Å². The molecule has 1 rings (SSSR count). The molecule has 1 atom stereocenters. The van der Waals surface area contributed by atoms with Gasteiger partial charge in [-0.15, -0.1) is 0 Å². The molecule has 6 heteroatoms. The standard InChI is InChI=1S/C14H19ClN2O3/c1-14(9-20-2,13(16)19)17-12(18)8-7-10-5-3-4-6-11(10)15/h3-6H,7-9H2,1-2H3,(H2,16,19)(H,17,18)/t14-/m0/s1. The van der Waals surface area contributed by atoms with Crippen molar-refractivity contribution in [2.24, 2.45) is 5.73 Å². The Hall–Kier alpha value is -1.59. The third-order valence-electron chi connectivity index (χ3n) is 2.97. The van der Waals surface area contributed by atoms with Gasteiger partial charge in [-0.2, -0.15) is 0 Å². The fourth-order valence-electron chi connectivity index (χ4n) is 1.78. The second-order valence-electron chi connectivity index (χ2n) is 4.77. The first-order valence-electron chi connectivity index (χ1n) is 6.22. The Kier molecular flexibility index (Phi) is 5.98. The Morgan fingerprint density at radius 1 is 1.40 bits per heavy atom. The number of hydrogen-bond donors (Lipinski definition) is 2. The highest BCUT2D eigenvalue weighted by molar-refractivity contribution is 6.31. The monoisotopic (exact) mass is 298 g/mol. The number of primary amides is 1. The van der Waals surface area contributed by atoms with E-state index in [0.717, 1.165) is 5.56 Å². The van der Waals surface area contributed by atoms with Crippen molar-refractivity contribution in [3.63, 3.8) is 0 Å². The zero-order valence-corrected chi connectivity index (χ0v) is 12.4. The molecule has 1 aromatic carbocycles. The van der Waals surface area contributed by atoms with E-state index in [4.69, 9.17) is 22.1 Å². The van der Waals surface area contributed by atoms with Gasteiger partial charge in [-0.1, -0.05) is 29.8 Å². The summed E-state index contributed by atoms with van der Waals surface area (Å²) in [5, 5.41) is 3.22. The molecule has 3 N–H and O–H groups in total. The number of methoxy groups -OCH3 is 1. The van der Waals surface area contributed by atoms with Crippen molar-refractivity contribution in [3.05, 3.63) is 34.9 Å². The molecule has 0 spiro atoms. The molecule has 0 unspecified atom stereocenters. The molecular weight excluding hydrogens is 280 g/mol. The Labute approximate surface area is 123 Å². The first-order chi connectivity index (χ1) is 9.39. The number of aryl methyl sites for hydroxylation is 1. The molecule has 5 nitrogen and oxygen atoms in total. The summed E-state index contributed by atoms with van der Waals surface area (Å²) in [4.78, 5) is 23.3. The number of nitrogens with two attached hydrogens (primary N) is 1. The molecule has 0 saturated carbocycles. The van der Waals surface area contributed by atoms with Crippen LogP contribution < -0.4 is 11.1 Å². The van der Waals surface area contributed by atoms with Gasteiger partial charge >= 0.3 is 0 Å². The van der Waals surface area contributed by atoms with Gasteiger partial charge in [-0.05, 0) is 25.0 Å². The predicted octanol–water partition coefficient (Wildman–Crippen LogP) is 1.28. The second kappa shape index (κ2) is 7.26. The third kappa shape index (κ3) is 4.51. The van der Waals surface area contributed by atoms with Crippen LogP contribution in [0.4, 0.5) is 0 Å². The Morgan fingerprint density at radius 3 is 2.60 bits per heavy atom. The number of amides is 2. The Balaban J connectivity index is 2.59. The van der Waals surface area contributed by atoms with Gasteiger partial charge in [0, 0.05) is 18.6 Å². The van der Waals surface area contributed by atoms with Gasteiger partial charge in [-0.3, -0.25) is 9.59 Å². The highest BCUT2D eigenvalue weighted by atomic mass is 35.5. The second-order valence-corrected chi connectivity index (χ2v) is 5.18.